The third-order valence-corrected chi connectivity index (χ3v) is 7.75. The predicted molar refractivity (Wildman–Crippen MR) is 156 cm³/mol. The number of hydrogen-bond acceptors (Lipinski definition) is 5. The Balaban J connectivity index is 1.57. The first-order valence-electron chi connectivity index (χ1n) is 12.8. The summed E-state index contributed by atoms with van der Waals surface area (Å²) < 4.78 is 11.0. The zero-order chi connectivity index (χ0) is 28.2. The number of ether oxygens (including phenoxy) is 2. The van der Waals surface area contributed by atoms with E-state index in [2.05, 4.69) is 55.4 Å². The number of carbonyl (C=O) groups excluding carboxylic acids is 1. The number of benzene rings is 3. The molecule has 1 amide bonds. The molecule has 3 aromatic rings. The predicted octanol–water partition coefficient (Wildman–Crippen LogP) is 6.97. The Hall–Kier alpha value is -2.16. The minimum absolute atomic E-state index is 0.0148. The van der Waals surface area contributed by atoms with Crippen LogP contribution in [0.1, 0.15) is 54.5 Å². The zero-order valence-corrected chi connectivity index (χ0v) is 24.3. The molecule has 0 bridgehead atoms. The Morgan fingerprint density at radius 3 is 2.18 bits per heavy atom. The van der Waals surface area contributed by atoms with E-state index in [-0.39, 0.29) is 30.8 Å². The van der Waals surface area contributed by atoms with Crippen molar-refractivity contribution >= 4 is 46.4 Å². The van der Waals surface area contributed by atoms with Crippen LogP contribution in [-0.4, -0.2) is 39.4 Å². The average molecular weight is 592 g/mol. The minimum atomic E-state index is -2.06. The summed E-state index contributed by atoms with van der Waals surface area (Å²) in [5, 5.41) is 12.1. The van der Waals surface area contributed by atoms with Crippen molar-refractivity contribution in [2.75, 3.05) is 18.9 Å². The highest BCUT2D eigenvalue weighted by atomic mass is 35.6. The Morgan fingerprint density at radius 1 is 0.974 bits per heavy atom. The summed E-state index contributed by atoms with van der Waals surface area (Å²) in [5.74, 6) is -0.684. The van der Waals surface area contributed by atoms with Crippen LogP contribution in [0.25, 0.3) is 0 Å². The Labute approximate surface area is 244 Å². The summed E-state index contributed by atoms with van der Waals surface area (Å²) in [6.45, 7) is 5.01. The molecule has 0 unspecified atom stereocenters. The van der Waals surface area contributed by atoms with E-state index < -0.39 is 16.0 Å². The first-order chi connectivity index (χ1) is 18.6. The molecule has 4 rings (SSSR count). The maximum Gasteiger partial charge on any atom is 0.276 e. The van der Waals surface area contributed by atoms with Crippen LogP contribution in [0.2, 0.25) is 0 Å². The van der Waals surface area contributed by atoms with Crippen molar-refractivity contribution < 1.29 is 19.4 Å². The number of amides is 1. The van der Waals surface area contributed by atoms with Crippen molar-refractivity contribution in [2.45, 2.75) is 48.8 Å². The Bertz CT molecular complexity index is 1220. The number of aliphatic hydroxyl groups is 1. The lowest BCUT2D eigenvalue weighted by Crippen LogP contribution is -2.44. The molecule has 1 saturated heterocycles. The number of carbonyl (C=O) groups is 1. The van der Waals surface area contributed by atoms with Crippen LogP contribution in [0.15, 0.2) is 78.9 Å². The Morgan fingerprint density at radius 2 is 1.59 bits per heavy atom. The number of nitrogens with one attached hydrogen (secondary N) is 1. The van der Waals surface area contributed by atoms with E-state index in [1.54, 1.807) is 12.1 Å². The van der Waals surface area contributed by atoms with Gasteiger partial charge < -0.3 is 19.9 Å². The maximum absolute atomic E-state index is 12.0. The highest BCUT2D eigenvalue weighted by molar-refractivity contribution is 6.76. The van der Waals surface area contributed by atoms with Gasteiger partial charge in [-0.15, -0.1) is 0 Å². The molecule has 5 atom stereocenters. The van der Waals surface area contributed by atoms with Gasteiger partial charge in [0.2, 0.25) is 0 Å². The van der Waals surface area contributed by atoms with Gasteiger partial charge in [-0.1, -0.05) is 108 Å². The molecule has 39 heavy (non-hydrogen) atoms. The standard InChI is InChI=1S/C30H33Cl3N2O4/c1-19-26(17-35(3)20(2)22-7-5-4-6-8-22)38-28(39-27(19)23-11-9-21(18-36)10-12-23)24-13-15-25(16-14-24)34-29(37)30(31,32)33/h4-16,19-20,26-28,36H,17-18H2,1-3H3,(H,34,37)/t19-,20-,26+,27+,28+/m0/s1. The van der Waals surface area contributed by atoms with Gasteiger partial charge in [-0.2, -0.15) is 0 Å². The maximum atomic E-state index is 12.0. The molecule has 0 saturated carbocycles. The molecular formula is C30H33Cl3N2O4. The van der Waals surface area contributed by atoms with Crippen LogP contribution >= 0.6 is 34.8 Å². The van der Waals surface area contributed by atoms with E-state index in [1.165, 1.54) is 5.56 Å². The quantitative estimate of drug-likeness (QED) is 0.277. The van der Waals surface area contributed by atoms with Crippen molar-refractivity contribution in [3.05, 3.63) is 101 Å². The fraction of sp³-hybridized carbons (Fsp3) is 0.367. The van der Waals surface area contributed by atoms with Gasteiger partial charge in [0.05, 0.1) is 18.8 Å². The third kappa shape index (κ3) is 7.53. The average Bonchev–Trinajstić information content (AvgIpc) is 2.94. The van der Waals surface area contributed by atoms with Gasteiger partial charge in [0.15, 0.2) is 6.29 Å². The molecule has 0 aliphatic carbocycles. The van der Waals surface area contributed by atoms with Crippen molar-refractivity contribution in [1.29, 1.82) is 0 Å². The van der Waals surface area contributed by atoms with Crippen LogP contribution in [-0.2, 0) is 20.9 Å². The Kier molecular flexibility index (Phi) is 9.94. The molecule has 3 aromatic carbocycles. The van der Waals surface area contributed by atoms with Gasteiger partial charge in [-0.05, 0) is 42.8 Å². The zero-order valence-electron chi connectivity index (χ0n) is 22.1. The molecule has 1 heterocycles. The molecule has 0 aromatic heterocycles. The van der Waals surface area contributed by atoms with E-state index in [0.717, 1.165) is 16.7 Å². The van der Waals surface area contributed by atoms with Crippen LogP contribution in [0.5, 0.6) is 0 Å². The number of alkyl halides is 3. The second-order valence-electron chi connectivity index (χ2n) is 9.92. The van der Waals surface area contributed by atoms with Crippen LogP contribution in [0.3, 0.4) is 0 Å². The van der Waals surface area contributed by atoms with Gasteiger partial charge >= 0.3 is 0 Å². The number of aliphatic hydroxyl groups excluding tert-OH is 1. The number of anilines is 1. The van der Waals surface area contributed by atoms with E-state index >= 15 is 0 Å². The fourth-order valence-electron chi connectivity index (χ4n) is 4.68. The second-order valence-corrected chi connectivity index (χ2v) is 12.2. The van der Waals surface area contributed by atoms with Gasteiger partial charge in [0.1, 0.15) is 0 Å². The largest absolute Gasteiger partial charge is 0.392 e. The van der Waals surface area contributed by atoms with Crippen molar-refractivity contribution in [2.24, 2.45) is 5.92 Å². The van der Waals surface area contributed by atoms with Crippen LogP contribution in [0.4, 0.5) is 5.69 Å². The van der Waals surface area contributed by atoms with Gasteiger partial charge in [-0.3, -0.25) is 9.69 Å². The van der Waals surface area contributed by atoms with E-state index in [0.29, 0.717) is 12.2 Å². The fourth-order valence-corrected chi connectivity index (χ4v) is 4.82. The molecule has 1 aliphatic heterocycles. The van der Waals surface area contributed by atoms with Crippen molar-refractivity contribution in [3.63, 3.8) is 0 Å². The molecule has 6 nitrogen and oxygen atoms in total. The molecule has 208 valence electrons. The number of likely N-dealkylation sites (N-methyl/N-ethyl adjacent to an activating group) is 1. The number of nitrogens with zero attached hydrogens (tertiary/aromatic N) is 1. The molecule has 1 aliphatic rings. The molecule has 0 spiro atoms. The molecule has 9 heteroatoms. The number of halogens is 3. The van der Waals surface area contributed by atoms with Gasteiger partial charge in [0.25, 0.3) is 9.70 Å². The summed E-state index contributed by atoms with van der Waals surface area (Å²) in [5.41, 5.74) is 4.39. The van der Waals surface area contributed by atoms with Gasteiger partial charge in [0, 0.05) is 29.8 Å². The topological polar surface area (TPSA) is 71.0 Å². The first kappa shape index (κ1) is 29.8. The summed E-state index contributed by atoms with van der Waals surface area (Å²) in [4.78, 5) is 14.3. The van der Waals surface area contributed by atoms with Crippen LogP contribution < -0.4 is 5.32 Å². The summed E-state index contributed by atoms with van der Waals surface area (Å²) in [6.07, 6.45) is -0.996. The van der Waals surface area contributed by atoms with Crippen LogP contribution in [0, 0.1) is 5.92 Å². The SMILES string of the molecule is C[C@H]1[C@@H](CN(C)[C@@H](C)c2ccccc2)O[C@@H](c2ccc(NC(=O)C(Cl)(Cl)Cl)cc2)O[C@H]1c1ccc(CO)cc1. The smallest absolute Gasteiger partial charge is 0.276 e. The lowest BCUT2D eigenvalue weighted by molar-refractivity contribution is -0.276. The minimum Gasteiger partial charge on any atom is -0.392 e. The highest BCUT2D eigenvalue weighted by Gasteiger charge is 2.39. The van der Waals surface area contributed by atoms with E-state index in [1.807, 2.05) is 42.5 Å². The molecule has 2 N–H and O–H groups in total. The van der Waals surface area contributed by atoms with Crippen molar-refractivity contribution in [3.8, 4) is 0 Å². The molecule has 1 fully saturated rings. The van der Waals surface area contributed by atoms with Crippen molar-refractivity contribution in [1.82, 2.24) is 4.90 Å². The summed E-state index contributed by atoms with van der Waals surface area (Å²) >= 11 is 17.0. The summed E-state index contributed by atoms with van der Waals surface area (Å²) in [7, 11) is 2.10. The highest BCUT2D eigenvalue weighted by Crippen LogP contribution is 2.42. The van der Waals surface area contributed by atoms with Gasteiger partial charge in [-0.25, -0.2) is 0 Å². The number of hydrogen-bond donors (Lipinski definition) is 2. The lowest BCUT2D eigenvalue weighted by atomic mass is 9.89. The first-order valence-corrected chi connectivity index (χ1v) is 13.9. The third-order valence-electron chi connectivity index (χ3n) is 7.23. The summed E-state index contributed by atoms with van der Waals surface area (Å²) in [6, 6.07) is 25.5. The monoisotopic (exact) mass is 590 g/mol. The van der Waals surface area contributed by atoms with E-state index in [4.69, 9.17) is 44.3 Å². The second kappa shape index (κ2) is 13.0. The number of rotatable bonds is 8. The molecular weight excluding hydrogens is 559 g/mol. The van der Waals surface area contributed by atoms with E-state index in [9.17, 15) is 9.90 Å². The lowest BCUT2D eigenvalue weighted by Gasteiger charge is -2.43. The molecule has 0 radical (unpaired) electrons. The normalized spacial score (nSPS) is 22.5.